The van der Waals surface area contributed by atoms with Gasteiger partial charge in [0.2, 0.25) is 0 Å². The van der Waals surface area contributed by atoms with Crippen molar-refractivity contribution >= 4 is 60.8 Å². The molecule has 0 saturated carbocycles. The summed E-state index contributed by atoms with van der Waals surface area (Å²) in [6.45, 7) is 0.981. The fourth-order valence-electron chi connectivity index (χ4n) is 3.26. The molecule has 0 aliphatic carbocycles. The summed E-state index contributed by atoms with van der Waals surface area (Å²) in [5.74, 6) is 0. The highest BCUT2D eigenvalue weighted by molar-refractivity contribution is 8.15. The molecule has 0 saturated heterocycles. The first-order valence-corrected chi connectivity index (χ1v) is 12.8. The van der Waals surface area contributed by atoms with Crippen LogP contribution in [0.4, 0.5) is 10.5 Å². The second kappa shape index (κ2) is 8.93. The number of thioether (sulfide) groups is 1. The van der Waals surface area contributed by atoms with Gasteiger partial charge in [-0.25, -0.2) is 13.2 Å². The fraction of sp³-hybridized carbons (Fsp3) is 0.300. The number of aliphatic imine (C=N–C) groups is 1. The van der Waals surface area contributed by atoms with Crippen molar-refractivity contribution in [2.75, 3.05) is 31.6 Å². The molecule has 1 aromatic carbocycles. The summed E-state index contributed by atoms with van der Waals surface area (Å²) in [5, 5.41) is 6.19. The van der Waals surface area contributed by atoms with Crippen molar-refractivity contribution in [3.05, 3.63) is 47.5 Å². The molecule has 1 atom stereocenters. The molecule has 11 heteroatoms. The van der Waals surface area contributed by atoms with Gasteiger partial charge in [0.15, 0.2) is 0 Å². The van der Waals surface area contributed by atoms with Gasteiger partial charge in [-0.2, -0.15) is 0 Å². The van der Waals surface area contributed by atoms with Gasteiger partial charge in [-0.05, 0) is 30.0 Å². The third-order valence-electron chi connectivity index (χ3n) is 4.91. The number of anilines is 1. The summed E-state index contributed by atoms with van der Waals surface area (Å²) in [7, 11) is -0.535. The van der Waals surface area contributed by atoms with Gasteiger partial charge < -0.3 is 15.0 Å². The van der Waals surface area contributed by atoms with E-state index >= 15 is 0 Å². The minimum atomic E-state index is -3.63. The van der Waals surface area contributed by atoms with Gasteiger partial charge in [0.1, 0.15) is 9.25 Å². The summed E-state index contributed by atoms with van der Waals surface area (Å²) in [5.41, 5.74) is 2.18. The quantitative estimate of drug-likeness (QED) is 0.539. The second-order valence-corrected chi connectivity index (χ2v) is 11.3. The van der Waals surface area contributed by atoms with Gasteiger partial charge in [-0.1, -0.05) is 30.0 Å². The molecular weight excluding hydrogens is 456 g/mol. The highest BCUT2D eigenvalue weighted by Gasteiger charge is 2.26. The Hall–Kier alpha value is -2.50. The zero-order valence-corrected chi connectivity index (χ0v) is 19.4. The largest absolute Gasteiger partial charge is 0.450 e. The molecule has 1 aliphatic rings. The predicted octanol–water partition coefficient (Wildman–Crippen LogP) is 3.66. The Balaban J connectivity index is 1.53. The minimum Gasteiger partial charge on any atom is -0.450 e. The normalized spacial score (nSPS) is 16.3. The number of aromatic amines is 1. The van der Waals surface area contributed by atoms with E-state index in [1.165, 1.54) is 22.7 Å². The number of nitrogens with one attached hydrogen (secondary N) is 2. The van der Waals surface area contributed by atoms with Crippen LogP contribution in [0.3, 0.4) is 0 Å². The number of nitrogens with zero attached hydrogens (tertiary/aromatic N) is 2. The number of sulfonamides is 1. The minimum absolute atomic E-state index is 0.229. The predicted molar refractivity (Wildman–Crippen MR) is 126 cm³/mol. The summed E-state index contributed by atoms with van der Waals surface area (Å²) in [4.78, 5) is 19.2. The first-order valence-electron chi connectivity index (χ1n) is 9.60. The smallest absolute Gasteiger partial charge is 0.406 e. The molecule has 1 unspecified atom stereocenters. The Bertz CT molecular complexity index is 1220. The van der Waals surface area contributed by atoms with E-state index in [-0.39, 0.29) is 5.25 Å². The van der Waals surface area contributed by atoms with E-state index in [2.05, 4.69) is 15.3 Å². The number of alkyl carbamates (subject to hydrolysis) is 1. The lowest BCUT2D eigenvalue weighted by molar-refractivity contribution is 0.147. The molecule has 31 heavy (non-hydrogen) atoms. The van der Waals surface area contributed by atoms with E-state index in [0.29, 0.717) is 29.5 Å². The van der Waals surface area contributed by atoms with Crippen LogP contribution in [-0.4, -0.2) is 57.0 Å². The Kier molecular flexibility index (Phi) is 6.26. The van der Waals surface area contributed by atoms with Crippen molar-refractivity contribution in [2.24, 2.45) is 4.99 Å². The highest BCUT2D eigenvalue weighted by Crippen LogP contribution is 2.34. The van der Waals surface area contributed by atoms with Crippen molar-refractivity contribution < 1.29 is 17.9 Å². The van der Waals surface area contributed by atoms with E-state index in [0.717, 1.165) is 21.6 Å². The van der Waals surface area contributed by atoms with E-state index in [4.69, 9.17) is 4.74 Å². The van der Waals surface area contributed by atoms with Crippen LogP contribution >= 0.6 is 23.1 Å². The summed E-state index contributed by atoms with van der Waals surface area (Å²) in [6, 6.07) is 10.9. The van der Waals surface area contributed by atoms with Crippen LogP contribution in [-0.2, 0) is 14.8 Å². The third kappa shape index (κ3) is 4.43. The fourth-order valence-corrected chi connectivity index (χ4v) is 6.70. The van der Waals surface area contributed by atoms with Crippen LogP contribution < -0.4 is 9.62 Å². The Morgan fingerprint density at radius 3 is 2.94 bits per heavy atom. The van der Waals surface area contributed by atoms with Crippen molar-refractivity contribution in [3.8, 4) is 0 Å². The molecule has 3 aromatic rings. The standard InChI is InChI=1S/C20H22N4O4S3/c1-21-20(25)28-9-8-14-12-22-19(30-14)15-11-13-5-3-6-16(18(13)23-15)24(2)31(26,27)17-7-4-10-29-17/h3-7,10-11,14,23H,8-9,12H2,1-2H3,(H,21,25). The Labute approximate surface area is 188 Å². The molecule has 164 valence electrons. The summed E-state index contributed by atoms with van der Waals surface area (Å²) < 4.78 is 32.6. The number of para-hydroxylation sites is 1. The first-order chi connectivity index (χ1) is 14.9. The van der Waals surface area contributed by atoms with Crippen molar-refractivity contribution in [1.29, 1.82) is 0 Å². The van der Waals surface area contributed by atoms with Crippen LogP contribution in [0.15, 0.2) is 51.0 Å². The lowest BCUT2D eigenvalue weighted by Gasteiger charge is -2.19. The first kappa shape index (κ1) is 21.7. The molecule has 0 bridgehead atoms. The van der Waals surface area contributed by atoms with Crippen molar-refractivity contribution in [3.63, 3.8) is 0 Å². The van der Waals surface area contributed by atoms with Crippen LogP contribution in [0.5, 0.6) is 0 Å². The van der Waals surface area contributed by atoms with Gasteiger partial charge in [0.25, 0.3) is 10.0 Å². The number of hydrogen-bond acceptors (Lipinski definition) is 7. The number of carbonyl (C=O) groups is 1. The maximum atomic E-state index is 13.0. The molecule has 2 aromatic heterocycles. The second-order valence-electron chi connectivity index (χ2n) is 6.89. The zero-order valence-electron chi connectivity index (χ0n) is 17.0. The van der Waals surface area contributed by atoms with Gasteiger partial charge in [-0.15, -0.1) is 11.3 Å². The van der Waals surface area contributed by atoms with Gasteiger partial charge in [-0.3, -0.25) is 9.30 Å². The molecule has 2 N–H and O–H groups in total. The van der Waals surface area contributed by atoms with Crippen molar-refractivity contribution in [1.82, 2.24) is 10.3 Å². The Morgan fingerprint density at radius 2 is 2.19 bits per heavy atom. The van der Waals surface area contributed by atoms with Gasteiger partial charge in [0.05, 0.1) is 30.0 Å². The number of benzene rings is 1. The highest BCUT2D eigenvalue weighted by atomic mass is 32.2. The van der Waals surface area contributed by atoms with Crippen LogP contribution in [0.2, 0.25) is 0 Å². The molecule has 0 radical (unpaired) electrons. The number of amides is 1. The number of ether oxygens (including phenoxy) is 1. The molecule has 4 rings (SSSR count). The van der Waals surface area contributed by atoms with Crippen molar-refractivity contribution in [2.45, 2.75) is 15.9 Å². The van der Waals surface area contributed by atoms with Crippen LogP contribution in [0.1, 0.15) is 12.1 Å². The average molecular weight is 479 g/mol. The summed E-state index contributed by atoms with van der Waals surface area (Å²) >= 11 is 2.83. The number of fused-ring (bicyclic) bond motifs is 1. The van der Waals surface area contributed by atoms with Gasteiger partial charge >= 0.3 is 6.09 Å². The molecule has 0 fully saturated rings. The molecule has 1 aliphatic heterocycles. The van der Waals surface area contributed by atoms with Crippen LogP contribution in [0.25, 0.3) is 10.9 Å². The molecule has 8 nitrogen and oxygen atoms in total. The zero-order chi connectivity index (χ0) is 22.0. The number of H-pyrrole nitrogens is 1. The molecule has 0 spiro atoms. The number of thiophene rings is 1. The average Bonchev–Trinajstić information content (AvgIpc) is 3.52. The number of carbonyl (C=O) groups excluding carboxylic acids is 1. The van der Waals surface area contributed by atoms with Crippen LogP contribution in [0, 0.1) is 0 Å². The lowest BCUT2D eigenvalue weighted by Crippen LogP contribution is -2.26. The van der Waals surface area contributed by atoms with Gasteiger partial charge in [0, 0.05) is 24.7 Å². The summed E-state index contributed by atoms with van der Waals surface area (Å²) in [6.07, 6.45) is 0.271. The number of aromatic nitrogens is 1. The Morgan fingerprint density at radius 1 is 1.35 bits per heavy atom. The molecule has 1 amide bonds. The third-order valence-corrected chi connectivity index (χ3v) is 9.34. The number of rotatable bonds is 7. The van der Waals surface area contributed by atoms with E-state index in [9.17, 15) is 13.2 Å². The maximum absolute atomic E-state index is 13.0. The van der Waals surface area contributed by atoms with E-state index in [1.54, 1.807) is 42.4 Å². The maximum Gasteiger partial charge on any atom is 0.406 e. The lowest BCUT2D eigenvalue weighted by atomic mass is 10.2. The molecular formula is C20H22N4O4S3. The van der Waals surface area contributed by atoms with E-state index < -0.39 is 16.1 Å². The molecule has 3 heterocycles. The number of hydrogen-bond donors (Lipinski definition) is 2. The topological polar surface area (TPSA) is 104 Å². The monoisotopic (exact) mass is 478 g/mol. The van der Waals surface area contributed by atoms with E-state index in [1.807, 2.05) is 18.2 Å². The SMILES string of the molecule is CNC(=O)OCCC1CN=C(c2cc3cccc(N(C)S(=O)(=O)c4cccs4)c3[nH]2)S1.